The molecular weight excluding hydrogens is 264 g/mol. The summed E-state index contributed by atoms with van der Waals surface area (Å²) in [5.41, 5.74) is 5.66. The van der Waals surface area contributed by atoms with Crippen molar-refractivity contribution in [2.75, 3.05) is 6.54 Å². The number of nitrogens with zero attached hydrogens (tertiary/aromatic N) is 2. The summed E-state index contributed by atoms with van der Waals surface area (Å²) in [5, 5.41) is 0. The molecule has 0 aliphatic rings. The lowest BCUT2D eigenvalue weighted by Gasteiger charge is -2.04. The van der Waals surface area contributed by atoms with Crippen molar-refractivity contribution >= 4 is 38.7 Å². The fourth-order valence-electron chi connectivity index (χ4n) is 1.24. The molecular formula is C8H8N4O3S2. The maximum absolute atomic E-state index is 11.9. The van der Waals surface area contributed by atoms with Crippen molar-refractivity contribution in [3.05, 3.63) is 18.2 Å². The van der Waals surface area contributed by atoms with E-state index in [1.807, 2.05) is 0 Å². The Labute approximate surface area is 101 Å². The molecule has 0 spiro atoms. The topological polar surface area (TPSA) is 115 Å². The Balaban J connectivity index is 2.45. The number of carbonyl (C=O) groups excluding carboxylic acids is 1. The Morgan fingerprint density at radius 1 is 1.41 bits per heavy atom. The number of fused-ring (bicyclic) bond motifs is 1. The van der Waals surface area contributed by atoms with Crippen molar-refractivity contribution in [1.82, 2.24) is 13.5 Å². The highest BCUT2D eigenvalue weighted by Crippen LogP contribution is 2.20. The molecule has 0 bridgehead atoms. The van der Waals surface area contributed by atoms with Gasteiger partial charge in [0.2, 0.25) is 15.9 Å². The maximum Gasteiger partial charge on any atom is 0.243 e. The van der Waals surface area contributed by atoms with E-state index in [0.29, 0.717) is 5.52 Å². The van der Waals surface area contributed by atoms with E-state index in [0.717, 1.165) is 11.7 Å². The molecule has 7 nitrogen and oxygen atoms in total. The first-order valence-corrected chi connectivity index (χ1v) is 6.71. The predicted octanol–water partition coefficient (Wildman–Crippen LogP) is -0.545. The Kier molecular flexibility index (Phi) is 3.05. The summed E-state index contributed by atoms with van der Waals surface area (Å²) in [6.07, 6.45) is 0. The minimum atomic E-state index is -3.80. The van der Waals surface area contributed by atoms with Crippen molar-refractivity contribution in [2.24, 2.45) is 5.73 Å². The van der Waals surface area contributed by atoms with E-state index in [-0.39, 0.29) is 10.4 Å². The molecule has 2 rings (SSSR count). The number of amides is 1. The summed E-state index contributed by atoms with van der Waals surface area (Å²) in [4.78, 5) is 10.6. The molecule has 0 saturated heterocycles. The molecule has 1 aromatic carbocycles. The average molecular weight is 272 g/mol. The van der Waals surface area contributed by atoms with Crippen LogP contribution in [0.1, 0.15) is 0 Å². The van der Waals surface area contributed by atoms with Gasteiger partial charge in [-0.15, -0.1) is 0 Å². The predicted molar refractivity (Wildman–Crippen MR) is 61.8 cm³/mol. The number of nitrogens with two attached hydrogens (primary N) is 1. The SMILES string of the molecule is NC(=O)CNS(=O)(=O)c1cccc2nsnc12. The van der Waals surface area contributed by atoms with Gasteiger partial charge in [-0.1, -0.05) is 6.07 Å². The lowest BCUT2D eigenvalue weighted by Crippen LogP contribution is -2.33. The van der Waals surface area contributed by atoms with Gasteiger partial charge in [-0.05, 0) is 12.1 Å². The summed E-state index contributed by atoms with van der Waals surface area (Å²) < 4.78 is 33.7. The summed E-state index contributed by atoms with van der Waals surface area (Å²) in [6.45, 7) is -0.448. The first kappa shape index (κ1) is 11.9. The van der Waals surface area contributed by atoms with Crippen LogP contribution >= 0.6 is 11.7 Å². The highest BCUT2D eigenvalue weighted by Gasteiger charge is 2.19. The van der Waals surface area contributed by atoms with Crippen LogP contribution in [0.2, 0.25) is 0 Å². The molecule has 2 aromatic rings. The monoisotopic (exact) mass is 272 g/mol. The molecule has 90 valence electrons. The molecule has 0 aliphatic carbocycles. The minimum absolute atomic E-state index is 0.00926. The van der Waals surface area contributed by atoms with Gasteiger partial charge in [0.25, 0.3) is 0 Å². The Hall–Kier alpha value is -1.58. The number of aromatic nitrogens is 2. The van der Waals surface area contributed by atoms with E-state index < -0.39 is 22.5 Å². The smallest absolute Gasteiger partial charge is 0.243 e. The van der Waals surface area contributed by atoms with Gasteiger partial charge in [-0.2, -0.15) is 8.75 Å². The number of hydrogen-bond acceptors (Lipinski definition) is 6. The largest absolute Gasteiger partial charge is 0.369 e. The zero-order valence-corrected chi connectivity index (χ0v) is 10.1. The molecule has 0 fully saturated rings. The van der Waals surface area contributed by atoms with Crippen LogP contribution in [0.25, 0.3) is 11.0 Å². The van der Waals surface area contributed by atoms with Crippen molar-refractivity contribution in [2.45, 2.75) is 4.90 Å². The Morgan fingerprint density at radius 3 is 2.88 bits per heavy atom. The third-order valence-electron chi connectivity index (χ3n) is 1.97. The first-order chi connectivity index (χ1) is 8.00. The van der Waals surface area contributed by atoms with Crippen molar-refractivity contribution in [3.8, 4) is 0 Å². The lowest BCUT2D eigenvalue weighted by molar-refractivity contribution is -0.116. The molecule has 1 heterocycles. The number of primary amides is 1. The van der Waals surface area contributed by atoms with Gasteiger partial charge in [0.15, 0.2) is 0 Å². The van der Waals surface area contributed by atoms with Crippen LogP contribution in [0.5, 0.6) is 0 Å². The normalized spacial score (nSPS) is 11.8. The van der Waals surface area contributed by atoms with Gasteiger partial charge in [0, 0.05) is 0 Å². The third kappa shape index (κ3) is 2.40. The fraction of sp³-hybridized carbons (Fsp3) is 0.125. The van der Waals surface area contributed by atoms with Crippen molar-refractivity contribution < 1.29 is 13.2 Å². The minimum Gasteiger partial charge on any atom is -0.369 e. The van der Waals surface area contributed by atoms with Gasteiger partial charge in [0.05, 0.1) is 18.3 Å². The Bertz CT molecular complexity index is 664. The zero-order valence-electron chi connectivity index (χ0n) is 8.45. The van der Waals surface area contributed by atoms with E-state index in [9.17, 15) is 13.2 Å². The molecule has 0 radical (unpaired) electrons. The molecule has 0 aliphatic heterocycles. The molecule has 17 heavy (non-hydrogen) atoms. The summed E-state index contributed by atoms with van der Waals surface area (Å²) in [7, 11) is -3.80. The molecule has 1 aromatic heterocycles. The first-order valence-electron chi connectivity index (χ1n) is 4.50. The lowest BCUT2D eigenvalue weighted by atomic mass is 10.3. The van der Waals surface area contributed by atoms with Gasteiger partial charge >= 0.3 is 0 Å². The number of rotatable bonds is 4. The van der Waals surface area contributed by atoms with E-state index in [1.54, 1.807) is 12.1 Å². The average Bonchev–Trinajstić information content (AvgIpc) is 2.74. The van der Waals surface area contributed by atoms with E-state index >= 15 is 0 Å². The van der Waals surface area contributed by atoms with Crippen LogP contribution in [0.15, 0.2) is 23.1 Å². The second-order valence-electron chi connectivity index (χ2n) is 3.18. The van der Waals surface area contributed by atoms with Crippen molar-refractivity contribution in [3.63, 3.8) is 0 Å². The molecule has 3 N–H and O–H groups in total. The highest BCUT2D eigenvalue weighted by atomic mass is 32.2. The number of sulfonamides is 1. The number of nitrogens with one attached hydrogen (secondary N) is 1. The molecule has 0 atom stereocenters. The van der Waals surface area contributed by atoms with Gasteiger partial charge in [-0.25, -0.2) is 13.1 Å². The van der Waals surface area contributed by atoms with Gasteiger partial charge in [0.1, 0.15) is 15.9 Å². The summed E-state index contributed by atoms with van der Waals surface area (Å²) >= 11 is 0.924. The van der Waals surface area contributed by atoms with Crippen LogP contribution < -0.4 is 10.5 Å². The van der Waals surface area contributed by atoms with Crippen LogP contribution in [-0.2, 0) is 14.8 Å². The third-order valence-corrected chi connectivity index (χ3v) is 3.95. The second kappa shape index (κ2) is 4.35. The molecule has 9 heteroatoms. The van der Waals surface area contributed by atoms with Gasteiger partial charge in [-0.3, -0.25) is 4.79 Å². The van der Waals surface area contributed by atoms with Crippen molar-refractivity contribution in [1.29, 1.82) is 0 Å². The number of hydrogen-bond donors (Lipinski definition) is 2. The van der Waals surface area contributed by atoms with Crippen LogP contribution in [0.3, 0.4) is 0 Å². The molecule has 0 unspecified atom stereocenters. The summed E-state index contributed by atoms with van der Waals surface area (Å²) in [6, 6.07) is 4.61. The van der Waals surface area contributed by atoms with E-state index in [1.165, 1.54) is 6.07 Å². The number of carbonyl (C=O) groups is 1. The van der Waals surface area contributed by atoms with E-state index in [2.05, 4.69) is 13.5 Å². The fourth-order valence-corrected chi connectivity index (χ4v) is 3.00. The standard InChI is InChI=1S/C8H8N4O3S2/c9-7(13)4-10-17(14,15)6-3-1-2-5-8(6)12-16-11-5/h1-3,10H,4H2,(H2,9,13). The van der Waals surface area contributed by atoms with Gasteiger partial charge < -0.3 is 5.73 Å². The van der Waals surface area contributed by atoms with Crippen LogP contribution in [-0.4, -0.2) is 29.6 Å². The maximum atomic E-state index is 11.9. The quantitative estimate of drug-likeness (QED) is 0.775. The Morgan fingerprint density at radius 2 is 2.18 bits per heavy atom. The van der Waals surface area contributed by atoms with E-state index in [4.69, 9.17) is 5.73 Å². The molecule has 1 amide bonds. The van der Waals surface area contributed by atoms with Crippen LogP contribution in [0, 0.1) is 0 Å². The highest BCUT2D eigenvalue weighted by molar-refractivity contribution is 7.89. The second-order valence-corrected chi connectivity index (χ2v) is 5.44. The van der Waals surface area contributed by atoms with Crippen LogP contribution in [0.4, 0.5) is 0 Å². The molecule has 0 saturated carbocycles. The summed E-state index contributed by atoms with van der Waals surface area (Å²) in [5.74, 6) is -0.753. The number of benzene rings is 1. The zero-order chi connectivity index (χ0) is 12.5.